The Morgan fingerprint density at radius 3 is 2.53 bits per heavy atom. The van der Waals surface area contributed by atoms with Crippen LogP contribution in [0.3, 0.4) is 0 Å². The maximum atomic E-state index is 13.0. The molecule has 1 saturated heterocycles. The molecule has 0 bridgehead atoms. The first-order valence-electron chi connectivity index (χ1n) is 11.4. The van der Waals surface area contributed by atoms with Gasteiger partial charge in [0.05, 0.1) is 14.2 Å². The molecule has 0 atom stereocenters. The van der Waals surface area contributed by atoms with Crippen LogP contribution < -0.4 is 9.47 Å². The number of hydrogen-bond acceptors (Lipinski definition) is 5. The molecular formula is C26H36N2O3S. The number of carbonyl (C=O) groups is 1. The molecule has 2 heterocycles. The standard InChI is InChI=1S/C26H36N2O3S/c1-5-7-20(6-2)16-21-8-11-27(12-9-21)13-10-26(29)28-14-15-32-25-18-24(31-4)23(30-3)17-22(25)19-28/h5-7,17-18,21H,1-2,8-16,19H2,3-4H3/b20-7+. The molecule has 0 N–H and O–H groups in total. The van der Waals surface area contributed by atoms with Crippen LogP contribution in [-0.2, 0) is 11.3 Å². The molecule has 0 aromatic heterocycles. The van der Waals surface area contributed by atoms with Gasteiger partial charge < -0.3 is 19.3 Å². The summed E-state index contributed by atoms with van der Waals surface area (Å²) in [5.41, 5.74) is 2.40. The predicted octanol–water partition coefficient (Wildman–Crippen LogP) is 4.93. The van der Waals surface area contributed by atoms with Crippen molar-refractivity contribution < 1.29 is 14.3 Å². The van der Waals surface area contributed by atoms with E-state index >= 15 is 0 Å². The second-order valence-electron chi connectivity index (χ2n) is 8.40. The number of nitrogens with zero attached hydrogens (tertiary/aromatic N) is 2. The summed E-state index contributed by atoms with van der Waals surface area (Å²) in [5.74, 6) is 3.27. The summed E-state index contributed by atoms with van der Waals surface area (Å²) in [4.78, 5) is 18.6. The van der Waals surface area contributed by atoms with Crippen LogP contribution in [0.25, 0.3) is 0 Å². The summed E-state index contributed by atoms with van der Waals surface area (Å²) < 4.78 is 10.9. The normalized spacial score (nSPS) is 17.9. The molecule has 2 aliphatic heterocycles. The van der Waals surface area contributed by atoms with E-state index in [9.17, 15) is 4.79 Å². The van der Waals surface area contributed by atoms with Crippen LogP contribution in [0.5, 0.6) is 11.5 Å². The number of fused-ring (bicyclic) bond motifs is 1. The Balaban J connectivity index is 1.50. The second-order valence-corrected chi connectivity index (χ2v) is 9.54. The van der Waals surface area contributed by atoms with Gasteiger partial charge in [0, 0.05) is 36.7 Å². The van der Waals surface area contributed by atoms with Crippen LogP contribution >= 0.6 is 11.8 Å². The highest BCUT2D eigenvalue weighted by Gasteiger charge is 2.24. The molecule has 0 aliphatic carbocycles. The fraction of sp³-hybridized carbons (Fsp3) is 0.500. The molecular weight excluding hydrogens is 420 g/mol. The molecule has 0 radical (unpaired) electrons. The lowest BCUT2D eigenvalue weighted by Gasteiger charge is -2.32. The molecule has 3 rings (SSSR count). The van der Waals surface area contributed by atoms with Gasteiger partial charge in [-0.05, 0) is 61.5 Å². The van der Waals surface area contributed by atoms with E-state index in [0.29, 0.717) is 24.6 Å². The number of benzene rings is 1. The van der Waals surface area contributed by atoms with Crippen molar-refractivity contribution in [1.29, 1.82) is 0 Å². The number of allylic oxidation sites excluding steroid dienone is 4. The SMILES string of the molecule is C=C/C=C(\C=C)CC1CCN(CCC(=O)N2CCSc3cc(OC)c(OC)cc3C2)CC1. The molecule has 1 amide bonds. The van der Waals surface area contributed by atoms with Gasteiger partial charge in [0.15, 0.2) is 11.5 Å². The monoisotopic (exact) mass is 456 g/mol. The molecule has 6 heteroatoms. The Hall–Kier alpha value is -2.18. The summed E-state index contributed by atoms with van der Waals surface area (Å²) in [5, 5.41) is 0. The van der Waals surface area contributed by atoms with Crippen LogP contribution in [0.4, 0.5) is 0 Å². The summed E-state index contributed by atoms with van der Waals surface area (Å²) in [6.07, 6.45) is 9.83. The van der Waals surface area contributed by atoms with Crippen molar-refractivity contribution in [3.8, 4) is 11.5 Å². The Bertz CT molecular complexity index is 844. The average Bonchev–Trinajstić information content (AvgIpc) is 3.04. The highest BCUT2D eigenvalue weighted by atomic mass is 32.2. The number of amides is 1. The first-order chi connectivity index (χ1) is 15.6. The molecule has 32 heavy (non-hydrogen) atoms. The van der Waals surface area contributed by atoms with Crippen LogP contribution in [-0.4, -0.2) is 61.9 Å². The van der Waals surface area contributed by atoms with E-state index in [1.807, 2.05) is 29.2 Å². The fourth-order valence-corrected chi connectivity index (χ4v) is 5.48. The van der Waals surface area contributed by atoms with E-state index in [-0.39, 0.29) is 5.91 Å². The molecule has 1 aromatic carbocycles. The van der Waals surface area contributed by atoms with Gasteiger partial charge in [-0.3, -0.25) is 4.79 Å². The van der Waals surface area contributed by atoms with E-state index < -0.39 is 0 Å². The van der Waals surface area contributed by atoms with Crippen molar-refractivity contribution in [3.05, 3.63) is 54.7 Å². The Morgan fingerprint density at radius 2 is 1.88 bits per heavy atom. The van der Waals surface area contributed by atoms with Crippen molar-refractivity contribution in [2.24, 2.45) is 5.92 Å². The van der Waals surface area contributed by atoms with E-state index in [1.54, 1.807) is 26.0 Å². The first kappa shape index (κ1) is 24.5. The second kappa shape index (κ2) is 12.2. The highest BCUT2D eigenvalue weighted by Crippen LogP contribution is 2.37. The molecule has 1 aromatic rings. The van der Waals surface area contributed by atoms with Crippen LogP contribution in [0.15, 0.2) is 54.0 Å². The van der Waals surface area contributed by atoms with Crippen molar-refractivity contribution in [2.75, 3.05) is 46.2 Å². The maximum absolute atomic E-state index is 13.0. The van der Waals surface area contributed by atoms with E-state index in [0.717, 1.165) is 49.7 Å². The van der Waals surface area contributed by atoms with Gasteiger partial charge in [0.1, 0.15) is 0 Å². The number of rotatable bonds is 9. The number of piperidine rings is 1. The topological polar surface area (TPSA) is 42.0 Å². The molecule has 174 valence electrons. The van der Waals surface area contributed by atoms with E-state index in [2.05, 4.69) is 24.1 Å². The number of hydrogen-bond donors (Lipinski definition) is 0. The maximum Gasteiger partial charge on any atom is 0.224 e. The lowest BCUT2D eigenvalue weighted by molar-refractivity contribution is -0.132. The Morgan fingerprint density at radius 1 is 1.16 bits per heavy atom. The predicted molar refractivity (Wildman–Crippen MR) is 133 cm³/mol. The molecule has 0 saturated carbocycles. The summed E-state index contributed by atoms with van der Waals surface area (Å²) in [6.45, 7) is 12.1. The van der Waals surface area contributed by atoms with Gasteiger partial charge in [-0.2, -0.15) is 0 Å². The van der Waals surface area contributed by atoms with E-state index in [1.165, 1.54) is 23.3 Å². The third-order valence-corrected chi connectivity index (χ3v) is 7.44. The van der Waals surface area contributed by atoms with Crippen molar-refractivity contribution in [1.82, 2.24) is 9.80 Å². The van der Waals surface area contributed by atoms with Crippen LogP contribution in [0.2, 0.25) is 0 Å². The summed E-state index contributed by atoms with van der Waals surface area (Å²) >= 11 is 1.78. The minimum Gasteiger partial charge on any atom is -0.493 e. The van der Waals surface area contributed by atoms with Crippen molar-refractivity contribution in [2.45, 2.75) is 37.1 Å². The third-order valence-electron chi connectivity index (χ3n) is 6.37. The fourth-order valence-electron chi connectivity index (χ4n) is 4.45. The minimum absolute atomic E-state index is 0.234. The highest BCUT2D eigenvalue weighted by molar-refractivity contribution is 7.99. The number of carbonyl (C=O) groups excluding carboxylic acids is 1. The first-order valence-corrected chi connectivity index (χ1v) is 12.4. The Labute approximate surface area is 197 Å². The Kier molecular flexibility index (Phi) is 9.30. The zero-order valence-electron chi connectivity index (χ0n) is 19.5. The van der Waals surface area contributed by atoms with E-state index in [4.69, 9.17) is 9.47 Å². The molecule has 0 spiro atoms. The molecule has 2 aliphatic rings. The number of ether oxygens (including phenoxy) is 2. The summed E-state index contributed by atoms with van der Waals surface area (Å²) in [7, 11) is 3.30. The van der Waals surface area contributed by atoms with Crippen molar-refractivity contribution in [3.63, 3.8) is 0 Å². The number of likely N-dealkylation sites (tertiary alicyclic amines) is 1. The lowest BCUT2D eigenvalue weighted by atomic mass is 9.90. The van der Waals surface area contributed by atoms with Crippen molar-refractivity contribution >= 4 is 17.7 Å². The van der Waals surface area contributed by atoms with Gasteiger partial charge in [-0.15, -0.1) is 11.8 Å². The van der Waals surface area contributed by atoms with Gasteiger partial charge >= 0.3 is 0 Å². The van der Waals surface area contributed by atoms with Gasteiger partial charge in [-0.25, -0.2) is 0 Å². The van der Waals surface area contributed by atoms with Crippen LogP contribution in [0.1, 0.15) is 31.2 Å². The molecule has 1 fully saturated rings. The number of thioether (sulfide) groups is 1. The smallest absolute Gasteiger partial charge is 0.224 e. The number of methoxy groups -OCH3 is 2. The summed E-state index contributed by atoms with van der Waals surface area (Å²) in [6, 6.07) is 4.04. The quantitative estimate of drug-likeness (QED) is 0.493. The van der Waals surface area contributed by atoms with Gasteiger partial charge in [-0.1, -0.05) is 31.4 Å². The zero-order chi connectivity index (χ0) is 22.9. The largest absolute Gasteiger partial charge is 0.493 e. The molecule has 0 unspecified atom stereocenters. The van der Waals surface area contributed by atoms with Crippen LogP contribution in [0, 0.1) is 5.92 Å². The molecule has 5 nitrogen and oxygen atoms in total. The zero-order valence-corrected chi connectivity index (χ0v) is 20.3. The van der Waals surface area contributed by atoms with Gasteiger partial charge in [0.25, 0.3) is 0 Å². The minimum atomic E-state index is 0.234. The van der Waals surface area contributed by atoms with Gasteiger partial charge in [0.2, 0.25) is 5.91 Å². The third kappa shape index (κ3) is 6.42. The average molecular weight is 457 g/mol. The lowest BCUT2D eigenvalue weighted by Crippen LogP contribution is -2.38.